The van der Waals surface area contributed by atoms with Gasteiger partial charge in [-0.15, -0.1) is 0 Å². The van der Waals surface area contributed by atoms with Crippen LogP contribution in [0.5, 0.6) is 0 Å². The first-order valence-electron chi connectivity index (χ1n) is 9.04. The van der Waals surface area contributed by atoms with Gasteiger partial charge in [0, 0.05) is 16.7 Å². The van der Waals surface area contributed by atoms with Crippen LogP contribution in [-0.2, 0) is 11.3 Å². The lowest BCUT2D eigenvalue weighted by Gasteiger charge is -2.11. The third-order valence-corrected chi connectivity index (χ3v) is 5.19. The van der Waals surface area contributed by atoms with E-state index in [1.165, 1.54) is 18.2 Å². The largest absolute Gasteiger partial charge is 0.478 e. The minimum Gasteiger partial charge on any atom is -0.478 e. The van der Waals surface area contributed by atoms with Crippen molar-refractivity contribution >= 4 is 47.2 Å². The first-order valence-corrected chi connectivity index (χ1v) is 9.79. The molecule has 2 heterocycles. The number of furan rings is 1. The van der Waals surface area contributed by atoms with Gasteiger partial charge in [0.25, 0.3) is 5.91 Å². The Morgan fingerprint density at radius 1 is 1.06 bits per heavy atom. The molecule has 0 saturated carbocycles. The van der Waals surface area contributed by atoms with Crippen LogP contribution in [0.2, 0.25) is 10.0 Å². The lowest BCUT2D eigenvalue weighted by Crippen LogP contribution is -2.30. The molecular formula is C22H14Cl2N2O5. The normalized spacial score (nSPS) is 14.9. The molecule has 0 atom stereocenters. The van der Waals surface area contributed by atoms with Gasteiger partial charge in [-0.3, -0.25) is 9.69 Å². The van der Waals surface area contributed by atoms with Crippen molar-refractivity contribution in [3.8, 4) is 11.3 Å². The molecule has 2 N–H and O–H groups in total. The molecule has 3 amide bonds. The van der Waals surface area contributed by atoms with Gasteiger partial charge in [0.1, 0.15) is 17.2 Å². The summed E-state index contributed by atoms with van der Waals surface area (Å²) in [5.41, 5.74) is 1.29. The Bertz CT molecular complexity index is 1230. The van der Waals surface area contributed by atoms with Crippen molar-refractivity contribution in [1.29, 1.82) is 0 Å². The summed E-state index contributed by atoms with van der Waals surface area (Å²) in [5, 5.41) is 12.4. The Labute approximate surface area is 186 Å². The van der Waals surface area contributed by atoms with Gasteiger partial charge < -0.3 is 14.8 Å². The van der Waals surface area contributed by atoms with Crippen LogP contribution in [0.4, 0.5) is 4.79 Å². The summed E-state index contributed by atoms with van der Waals surface area (Å²) in [5.74, 6) is -0.932. The van der Waals surface area contributed by atoms with Crippen LogP contribution in [0.25, 0.3) is 17.4 Å². The van der Waals surface area contributed by atoms with Gasteiger partial charge in [0.05, 0.1) is 17.1 Å². The summed E-state index contributed by atoms with van der Waals surface area (Å²) in [4.78, 5) is 37.3. The van der Waals surface area contributed by atoms with E-state index in [0.717, 1.165) is 10.5 Å². The van der Waals surface area contributed by atoms with Crippen LogP contribution in [0.1, 0.15) is 21.7 Å². The number of aromatic carboxylic acids is 1. The van der Waals surface area contributed by atoms with Crippen molar-refractivity contribution in [2.75, 3.05) is 0 Å². The molecule has 0 bridgehead atoms. The maximum Gasteiger partial charge on any atom is 0.337 e. The fourth-order valence-corrected chi connectivity index (χ4v) is 3.38. The molecule has 0 radical (unpaired) electrons. The molecular weight excluding hydrogens is 443 g/mol. The molecule has 1 aliphatic rings. The summed E-state index contributed by atoms with van der Waals surface area (Å²) in [6, 6.07) is 14.0. The maximum atomic E-state index is 12.7. The number of halogens is 2. The van der Waals surface area contributed by atoms with Crippen molar-refractivity contribution in [3.05, 3.63) is 87.2 Å². The predicted octanol–water partition coefficient (Wildman–Crippen LogP) is 5.04. The van der Waals surface area contributed by atoms with Crippen molar-refractivity contribution < 1.29 is 23.9 Å². The Morgan fingerprint density at radius 3 is 2.52 bits per heavy atom. The van der Waals surface area contributed by atoms with Crippen molar-refractivity contribution in [2.24, 2.45) is 0 Å². The van der Waals surface area contributed by atoms with E-state index >= 15 is 0 Å². The first-order chi connectivity index (χ1) is 14.8. The molecule has 0 spiro atoms. The highest BCUT2D eigenvalue weighted by Gasteiger charge is 2.33. The number of hydrogen-bond donors (Lipinski definition) is 2. The second-order valence-corrected chi connectivity index (χ2v) is 7.55. The second kappa shape index (κ2) is 8.29. The topological polar surface area (TPSA) is 99.9 Å². The lowest BCUT2D eigenvalue weighted by atomic mass is 10.1. The van der Waals surface area contributed by atoms with Crippen LogP contribution in [0, 0.1) is 0 Å². The van der Waals surface area contributed by atoms with E-state index in [2.05, 4.69) is 5.32 Å². The Balaban J connectivity index is 1.55. The van der Waals surface area contributed by atoms with E-state index in [-0.39, 0.29) is 22.8 Å². The van der Waals surface area contributed by atoms with Gasteiger partial charge in [0.2, 0.25) is 0 Å². The molecule has 0 unspecified atom stereocenters. The molecule has 7 nitrogen and oxygen atoms in total. The number of carbonyl (C=O) groups is 3. The zero-order valence-electron chi connectivity index (χ0n) is 15.8. The van der Waals surface area contributed by atoms with Gasteiger partial charge in [0.15, 0.2) is 0 Å². The lowest BCUT2D eigenvalue weighted by molar-refractivity contribution is -0.123. The highest BCUT2D eigenvalue weighted by molar-refractivity contribution is 6.33. The molecule has 0 aliphatic carbocycles. The fourth-order valence-electron chi connectivity index (χ4n) is 3.06. The van der Waals surface area contributed by atoms with E-state index in [9.17, 15) is 19.5 Å². The minimum absolute atomic E-state index is 0.0495. The molecule has 1 aliphatic heterocycles. The zero-order valence-corrected chi connectivity index (χ0v) is 17.3. The standard InChI is InChI=1S/C22H14Cl2N2O5/c23-14-4-1-12(2-5-14)11-26-20(27)18(25-22(26)30)10-15-6-8-19(31-15)13-3-7-17(24)16(9-13)21(28)29/h1-10H,11H2,(H,25,30)(H,28,29)/b18-10+. The number of nitrogens with zero attached hydrogens (tertiary/aromatic N) is 1. The quantitative estimate of drug-likeness (QED) is 0.413. The summed E-state index contributed by atoms with van der Waals surface area (Å²) in [6.45, 7) is 0.103. The zero-order chi connectivity index (χ0) is 22.1. The Morgan fingerprint density at radius 2 is 1.81 bits per heavy atom. The predicted molar refractivity (Wildman–Crippen MR) is 115 cm³/mol. The number of urea groups is 1. The second-order valence-electron chi connectivity index (χ2n) is 6.71. The fraction of sp³-hybridized carbons (Fsp3) is 0.0455. The Kier molecular flexibility index (Phi) is 5.54. The van der Waals surface area contributed by atoms with Gasteiger partial charge in [-0.2, -0.15) is 0 Å². The molecule has 2 aromatic carbocycles. The summed E-state index contributed by atoms with van der Waals surface area (Å²) >= 11 is 11.8. The van der Waals surface area contributed by atoms with Crippen LogP contribution >= 0.6 is 23.2 Å². The number of nitrogens with one attached hydrogen (secondary N) is 1. The van der Waals surface area contributed by atoms with E-state index in [4.69, 9.17) is 27.6 Å². The van der Waals surface area contributed by atoms with Gasteiger partial charge in [-0.1, -0.05) is 35.3 Å². The number of rotatable bonds is 5. The number of imide groups is 1. The molecule has 3 aromatic rings. The average Bonchev–Trinajstić information content (AvgIpc) is 3.30. The molecule has 31 heavy (non-hydrogen) atoms. The van der Waals surface area contributed by atoms with Gasteiger partial charge in [-0.25, -0.2) is 9.59 Å². The number of carbonyl (C=O) groups excluding carboxylic acids is 2. The monoisotopic (exact) mass is 456 g/mol. The summed E-state index contributed by atoms with van der Waals surface area (Å²) in [6.07, 6.45) is 1.42. The van der Waals surface area contributed by atoms with Crippen LogP contribution in [-0.4, -0.2) is 27.9 Å². The summed E-state index contributed by atoms with van der Waals surface area (Å²) < 4.78 is 5.71. The number of carboxylic acid groups (broad SMARTS) is 1. The van der Waals surface area contributed by atoms with Gasteiger partial charge >= 0.3 is 12.0 Å². The van der Waals surface area contributed by atoms with Crippen LogP contribution < -0.4 is 5.32 Å². The van der Waals surface area contributed by atoms with Crippen molar-refractivity contribution in [2.45, 2.75) is 6.54 Å². The molecule has 4 rings (SSSR count). The van der Waals surface area contributed by atoms with Crippen molar-refractivity contribution in [1.82, 2.24) is 10.2 Å². The molecule has 1 aromatic heterocycles. The molecule has 156 valence electrons. The maximum absolute atomic E-state index is 12.7. The third-order valence-electron chi connectivity index (χ3n) is 4.61. The number of carboxylic acids is 1. The summed E-state index contributed by atoms with van der Waals surface area (Å²) in [7, 11) is 0. The highest BCUT2D eigenvalue weighted by atomic mass is 35.5. The smallest absolute Gasteiger partial charge is 0.337 e. The van der Waals surface area contributed by atoms with Crippen LogP contribution in [0.15, 0.2) is 64.7 Å². The van der Waals surface area contributed by atoms with E-state index in [1.54, 1.807) is 42.5 Å². The molecule has 9 heteroatoms. The third kappa shape index (κ3) is 4.33. The number of benzene rings is 2. The highest BCUT2D eigenvalue weighted by Crippen LogP contribution is 2.28. The molecule has 1 fully saturated rings. The van der Waals surface area contributed by atoms with E-state index < -0.39 is 17.9 Å². The van der Waals surface area contributed by atoms with E-state index in [0.29, 0.717) is 22.1 Å². The van der Waals surface area contributed by atoms with Crippen LogP contribution in [0.3, 0.4) is 0 Å². The Hall–Kier alpha value is -3.55. The first kappa shape index (κ1) is 20.7. The van der Waals surface area contributed by atoms with Crippen molar-refractivity contribution in [3.63, 3.8) is 0 Å². The average molecular weight is 457 g/mol. The SMILES string of the molecule is O=C(O)c1cc(-c2ccc(/C=C3/NC(=O)N(Cc4ccc(Cl)cc4)C3=O)o2)ccc1Cl. The van der Waals surface area contributed by atoms with E-state index in [1.807, 2.05) is 0 Å². The van der Waals surface area contributed by atoms with Gasteiger partial charge in [-0.05, 0) is 48.0 Å². The minimum atomic E-state index is -1.15. The molecule has 1 saturated heterocycles. The number of amides is 3. The number of hydrogen-bond acceptors (Lipinski definition) is 4.